The van der Waals surface area contributed by atoms with Gasteiger partial charge in [0.05, 0.1) is 4.90 Å². The third kappa shape index (κ3) is 3.54. The lowest BCUT2D eigenvalue weighted by molar-refractivity contribution is -0.122. The third-order valence-corrected chi connectivity index (χ3v) is 5.04. The van der Waals surface area contributed by atoms with Crippen LogP contribution in [0.5, 0.6) is 0 Å². The average Bonchev–Trinajstić information content (AvgIpc) is 2.40. The molecule has 1 aromatic rings. The van der Waals surface area contributed by atoms with Gasteiger partial charge in [-0.25, -0.2) is 13.1 Å². The van der Waals surface area contributed by atoms with E-state index in [1.54, 1.807) is 30.3 Å². The lowest BCUT2D eigenvalue weighted by Gasteiger charge is -2.27. The Balaban J connectivity index is 1.98. The molecule has 0 aliphatic heterocycles. The van der Waals surface area contributed by atoms with Gasteiger partial charge in [-0.15, -0.1) is 0 Å². The Morgan fingerprint density at radius 3 is 2.21 bits per heavy atom. The van der Waals surface area contributed by atoms with Gasteiger partial charge in [-0.05, 0) is 37.8 Å². The number of nitrogens with one attached hydrogen (secondary N) is 1. The van der Waals surface area contributed by atoms with Crippen LogP contribution in [0.2, 0.25) is 0 Å². The molecule has 0 spiro atoms. The molecule has 6 heteroatoms. The average molecular weight is 282 g/mol. The van der Waals surface area contributed by atoms with Crippen molar-refractivity contribution in [2.75, 3.05) is 0 Å². The number of primary amides is 1. The predicted molar refractivity (Wildman–Crippen MR) is 71.7 cm³/mol. The van der Waals surface area contributed by atoms with Gasteiger partial charge in [0.25, 0.3) is 0 Å². The molecule has 0 unspecified atom stereocenters. The zero-order valence-electron chi connectivity index (χ0n) is 10.6. The number of hydrogen-bond acceptors (Lipinski definition) is 3. The van der Waals surface area contributed by atoms with Gasteiger partial charge in [-0.2, -0.15) is 0 Å². The van der Waals surface area contributed by atoms with E-state index in [9.17, 15) is 13.2 Å². The molecule has 1 fully saturated rings. The maximum Gasteiger partial charge on any atom is 0.240 e. The molecular formula is C13H18N2O3S. The number of nitrogens with two attached hydrogens (primary N) is 1. The lowest BCUT2D eigenvalue weighted by Crippen LogP contribution is -2.39. The molecule has 104 valence electrons. The summed E-state index contributed by atoms with van der Waals surface area (Å²) in [6.07, 6.45) is 2.61. The largest absolute Gasteiger partial charge is 0.369 e. The van der Waals surface area contributed by atoms with Crippen molar-refractivity contribution >= 4 is 15.9 Å². The van der Waals surface area contributed by atoms with E-state index in [0.29, 0.717) is 25.7 Å². The summed E-state index contributed by atoms with van der Waals surface area (Å²) in [5, 5.41) is 0. The molecule has 19 heavy (non-hydrogen) atoms. The molecule has 1 aromatic carbocycles. The van der Waals surface area contributed by atoms with Crippen LogP contribution in [0.3, 0.4) is 0 Å². The van der Waals surface area contributed by atoms with E-state index in [2.05, 4.69) is 4.72 Å². The SMILES string of the molecule is NC(=O)C1CCC(NS(=O)(=O)c2ccccc2)CC1. The Morgan fingerprint density at radius 1 is 1.11 bits per heavy atom. The van der Waals surface area contributed by atoms with Crippen molar-refractivity contribution in [3.05, 3.63) is 30.3 Å². The molecule has 0 heterocycles. The fourth-order valence-corrected chi connectivity index (χ4v) is 3.71. The van der Waals surface area contributed by atoms with Gasteiger partial charge >= 0.3 is 0 Å². The molecular weight excluding hydrogens is 264 g/mol. The minimum Gasteiger partial charge on any atom is -0.369 e. The molecule has 0 saturated heterocycles. The highest BCUT2D eigenvalue weighted by atomic mass is 32.2. The first-order chi connectivity index (χ1) is 8.99. The van der Waals surface area contributed by atoms with E-state index < -0.39 is 10.0 Å². The van der Waals surface area contributed by atoms with E-state index in [1.807, 2.05) is 0 Å². The second kappa shape index (κ2) is 5.71. The van der Waals surface area contributed by atoms with E-state index in [1.165, 1.54) is 0 Å². The van der Waals surface area contributed by atoms with Crippen LogP contribution in [0.4, 0.5) is 0 Å². The van der Waals surface area contributed by atoms with Gasteiger partial charge in [0.1, 0.15) is 0 Å². The van der Waals surface area contributed by atoms with Crippen LogP contribution in [0.25, 0.3) is 0 Å². The minimum atomic E-state index is -3.46. The van der Waals surface area contributed by atoms with Crippen molar-refractivity contribution in [2.24, 2.45) is 11.7 Å². The smallest absolute Gasteiger partial charge is 0.240 e. The fourth-order valence-electron chi connectivity index (χ4n) is 2.38. The van der Waals surface area contributed by atoms with Crippen molar-refractivity contribution in [2.45, 2.75) is 36.6 Å². The van der Waals surface area contributed by atoms with Gasteiger partial charge in [-0.3, -0.25) is 4.79 Å². The Labute approximate surface area is 113 Å². The standard InChI is InChI=1S/C13H18N2O3S/c14-13(16)10-6-8-11(9-7-10)15-19(17,18)12-4-2-1-3-5-12/h1-5,10-11,15H,6-9H2,(H2,14,16). The molecule has 1 aliphatic rings. The van der Waals surface area contributed by atoms with E-state index >= 15 is 0 Å². The number of hydrogen-bond donors (Lipinski definition) is 2. The van der Waals surface area contributed by atoms with Crippen molar-refractivity contribution in [3.63, 3.8) is 0 Å². The molecule has 1 amide bonds. The first-order valence-electron chi connectivity index (χ1n) is 6.36. The van der Waals surface area contributed by atoms with Crippen LogP contribution < -0.4 is 10.5 Å². The van der Waals surface area contributed by atoms with Crippen LogP contribution in [0.15, 0.2) is 35.2 Å². The minimum absolute atomic E-state index is 0.110. The number of sulfonamides is 1. The highest BCUT2D eigenvalue weighted by Crippen LogP contribution is 2.25. The van der Waals surface area contributed by atoms with Crippen molar-refractivity contribution in [1.82, 2.24) is 4.72 Å². The zero-order valence-corrected chi connectivity index (χ0v) is 11.4. The molecule has 3 N–H and O–H groups in total. The summed E-state index contributed by atoms with van der Waals surface area (Å²) < 4.78 is 26.9. The van der Waals surface area contributed by atoms with Gasteiger partial charge < -0.3 is 5.73 Å². The van der Waals surface area contributed by atoms with Gasteiger partial charge in [0, 0.05) is 12.0 Å². The van der Waals surface area contributed by atoms with Crippen LogP contribution in [-0.2, 0) is 14.8 Å². The van der Waals surface area contributed by atoms with E-state index in [4.69, 9.17) is 5.73 Å². The van der Waals surface area contributed by atoms with Gasteiger partial charge in [0.15, 0.2) is 0 Å². The summed E-state index contributed by atoms with van der Waals surface area (Å²) in [5.41, 5.74) is 5.25. The monoisotopic (exact) mass is 282 g/mol. The van der Waals surface area contributed by atoms with Crippen molar-refractivity contribution in [1.29, 1.82) is 0 Å². The zero-order chi connectivity index (χ0) is 13.9. The molecule has 5 nitrogen and oxygen atoms in total. The third-order valence-electron chi connectivity index (χ3n) is 3.50. The Kier molecular flexibility index (Phi) is 4.21. The van der Waals surface area contributed by atoms with Gasteiger partial charge in [-0.1, -0.05) is 18.2 Å². The number of rotatable bonds is 4. The summed E-state index contributed by atoms with van der Waals surface area (Å²) in [7, 11) is -3.46. The number of carbonyl (C=O) groups excluding carboxylic acids is 1. The van der Waals surface area contributed by atoms with E-state index in [-0.39, 0.29) is 22.8 Å². The highest BCUT2D eigenvalue weighted by Gasteiger charge is 2.27. The quantitative estimate of drug-likeness (QED) is 0.863. The van der Waals surface area contributed by atoms with Crippen molar-refractivity contribution < 1.29 is 13.2 Å². The van der Waals surface area contributed by atoms with Gasteiger partial charge in [0.2, 0.25) is 15.9 Å². The Hall–Kier alpha value is -1.40. The first kappa shape index (κ1) is 14.0. The van der Waals surface area contributed by atoms with Crippen LogP contribution in [0.1, 0.15) is 25.7 Å². The van der Waals surface area contributed by atoms with Crippen LogP contribution >= 0.6 is 0 Å². The molecule has 0 radical (unpaired) electrons. The maximum absolute atomic E-state index is 12.1. The first-order valence-corrected chi connectivity index (χ1v) is 7.84. The summed E-state index contributed by atoms with van der Waals surface area (Å²) in [5.74, 6) is -0.401. The van der Waals surface area contributed by atoms with Crippen LogP contribution in [0, 0.1) is 5.92 Å². The lowest BCUT2D eigenvalue weighted by atomic mass is 9.86. The molecule has 0 bridgehead atoms. The Morgan fingerprint density at radius 2 is 1.68 bits per heavy atom. The molecule has 0 aromatic heterocycles. The summed E-state index contributed by atoms with van der Waals surface area (Å²) in [6, 6.07) is 8.18. The molecule has 1 aliphatic carbocycles. The normalized spacial score (nSPS) is 24.0. The van der Waals surface area contributed by atoms with Crippen molar-refractivity contribution in [3.8, 4) is 0 Å². The summed E-state index contributed by atoms with van der Waals surface area (Å²) in [4.78, 5) is 11.3. The molecule has 1 saturated carbocycles. The summed E-state index contributed by atoms with van der Waals surface area (Å²) >= 11 is 0. The topological polar surface area (TPSA) is 89.3 Å². The highest BCUT2D eigenvalue weighted by molar-refractivity contribution is 7.89. The maximum atomic E-state index is 12.1. The fraction of sp³-hybridized carbons (Fsp3) is 0.462. The second-order valence-corrected chi connectivity index (χ2v) is 6.60. The van der Waals surface area contributed by atoms with Crippen LogP contribution in [-0.4, -0.2) is 20.4 Å². The summed E-state index contributed by atoms with van der Waals surface area (Å²) in [6.45, 7) is 0. The number of carbonyl (C=O) groups is 1. The molecule has 0 atom stereocenters. The Bertz CT molecular complexity index is 534. The number of benzene rings is 1. The second-order valence-electron chi connectivity index (χ2n) is 4.89. The number of amides is 1. The predicted octanol–water partition coefficient (Wildman–Crippen LogP) is 1.01. The van der Waals surface area contributed by atoms with E-state index in [0.717, 1.165) is 0 Å². The molecule has 2 rings (SSSR count).